The molecule has 2 aromatic carbocycles. The molecule has 0 spiro atoms. The Bertz CT molecular complexity index is 681. The highest BCUT2D eigenvalue weighted by Gasteiger charge is 2.09. The fourth-order valence-electron chi connectivity index (χ4n) is 1.61. The molecule has 2 aromatic rings. The van der Waals surface area contributed by atoms with Crippen LogP contribution in [0.4, 0.5) is 0 Å². The maximum absolute atomic E-state index is 11.5. The van der Waals surface area contributed by atoms with Crippen LogP contribution in [0.5, 0.6) is 11.5 Å². The highest BCUT2D eigenvalue weighted by atomic mass is 35.5. The van der Waals surface area contributed by atoms with Gasteiger partial charge >= 0.3 is 0 Å². The number of ether oxygens (including phenoxy) is 1. The Balaban J connectivity index is 2.34. The lowest BCUT2D eigenvalue weighted by atomic mass is 10.2. The molecule has 0 amide bonds. The summed E-state index contributed by atoms with van der Waals surface area (Å²) in [5.74, 6) is 1.44. The van der Waals surface area contributed by atoms with E-state index in [0.717, 1.165) is 5.56 Å². The molecule has 19 heavy (non-hydrogen) atoms. The van der Waals surface area contributed by atoms with E-state index in [1.165, 1.54) is 18.4 Å². The average molecular weight is 297 g/mol. The van der Waals surface area contributed by atoms with Gasteiger partial charge in [-0.2, -0.15) is 0 Å². The number of halogens is 1. The number of alkyl halides is 1. The van der Waals surface area contributed by atoms with Crippen LogP contribution >= 0.6 is 11.6 Å². The minimum absolute atomic E-state index is 0.230. The first-order chi connectivity index (χ1) is 9.00. The van der Waals surface area contributed by atoms with E-state index in [2.05, 4.69) is 0 Å². The van der Waals surface area contributed by atoms with Crippen LogP contribution in [-0.4, -0.2) is 14.7 Å². The number of sulfone groups is 1. The van der Waals surface area contributed by atoms with E-state index in [4.69, 9.17) is 16.3 Å². The predicted octanol–water partition coefficient (Wildman–Crippen LogP) is 3.62. The molecule has 0 heterocycles. The SMILES string of the molecule is CS(=O)(=O)c1cccc(Oc2ccccc2CCl)c1. The van der Waals surface area contributed by atoms with Gasteiger partial charge in [0.1, 0.15) is 11.5 Å². The Labute approximate surface area is 117 Å². The number of hydrogen-bond acceptors (Lipinski definition) is 3. The predicted molar refractivity (Wildman–Crippen MR) is 75.6 cm³/mol. The van der Waals surface area contributed by atoms with Crippen LogP contribution in [0.3, 0.4) is 0 Å². The quantitative estimate of drug-likeness (QED) is 0.809. The zero-order valence-corrected chi connectivity index (χ0v) is 11.9. The van der Waals surface area contributed by atoms with Crippen molar-refractivity contribution >= 4 is 21.4 Å². The molecule has 0 N–H and O–H groups in total. The maximum Gasteiger partial charge on any atom is 0.175 e. The van der Waals surface area contributed by atoms with Gasteiger partial charge in [-0.3, -0.25) is 0 Å². The van der Waals surface area contributed by atoms with Crippen molar-refractivity contribution in [2.45, 2.75) is 10.8 Å². The molecule has 0 unspecified atom stereocenters. The van der Waals surface area contributed by atoms with Crippen LogP contribution < -0.4 is 4.74 Å². The molecule has 0 fully saturated rings. The highest BCUT2D eigenvalue weighted by molar-refractivity contribution is 7.90. The first-order valence-electron chi connectivity index (χ1n) is 5.62. The number of rotatable bonds is 4. The average Bonchev–Trinajstić information content (AvgIpc) is 2.39. The minimum atomic E-state index is -3.24. The summed E-state index contributed by atoms with van der Waals surface area (Å²) >= 11 is 5.83. The third-order valence-electron chi connectivity index (χ3n) is 2.58. The zero-order chi connectivity index (χ0) is 13.9. The van der Waals surface area contributed by atoms with E-state index >= 15 is 0 Å². The second kappa shape index (κ2) is 5.63. The van der Waals surface area contributed by atoms with Gasteiger partial charge in [0.25, 0.3) is 0 Å². The van der Waals surface area contributed by atoms with Gasteiger partial charge in [-0.25, -0.2) is 8.42 Å². The molecular weight excluding hydrogens is 284 g/mol. The molecule has 0 aromatic heterocycles. The Hall–Kier alpha value is -1.52. The molecular formula is C14H13ClO3S. The largest absolute Gasteiger partial charge is 0.457 e. The van der Waals surface area contributed by atoms with Crippen molar-refractivity contribution in [3.05, 3.63) is 54.1 Å². The summed E-state index contributed by atoms with van der Waals surface area (Å²) < 4.78 is 28.7. The lowest BCUT2D eigenvalue weighted by molar-refractivity contribution is 0.476. The van der Waals surface area contributed by atoms with E-state index < -0.39 is 9.84 Å². The summed E-state index contributed by atoms with van der Waals surface area (Å²) in [5, 5.41) is 0. The zero-order valence-electron chi connectivity index (χ0n) is 10.3. The second-order valence-electron chi connectivity index (χ2n) is 4.09. The molecule has 100 valence electrons. The molecule has 0 aliphatic carbocycles. The van der Waals surface area contributed by atoms with Crippen molar-refractivity contribution < 1.29 is 13.2 Å². The van der Waals surface area contributed by atoms with Gasteiger partial charge < -0.3 is 4.74 Å². The van der Waals surface area contributed by atoms with E-state index in [1.54, 1.807) is 18.2 Å². The summed E-state index contributed by atoms with van der Waals surface area (Å²) in [6.45, 7) is 0. The maximum atomic E-state index is 11.5. The highest BCUT2D eigenvalue weighted by Crippen LogP contribution is 2.27. The molecule has 0 saturated carbocycles. The van der Waals surface area contributed by atoms with Crippen LogP contribution in [-0.2, 0) is 15.7 Å². The van der Waals surface area contributed by atoms with Crippen molar-refractivity contribution in [1.82, 2.24) is 0 Å². The molecule has 3 nitrogen and oxygen atoms in total. The van der Waals surface area contributed by atoms with Crippen molar-refractivity contribution in [3.8, 4) is 11.5 Å². The summed E-state index contributed by atoms with van der Waals surface area (Å²) in [4.78, 5) is 0.230. The Morgan fingerprint density at radius 1 is 1.11 bits per heavy atom. The summed E-state index contributed by atoms with van der Waals surface area (Å²) in [5.41, 5.74) is 0.855. The topological polar surface area (TPSA) is 43.4 Å². The summed E-state index contributed by atoms with van der Waals surface area (Å²) in [6.07, 6.45) is 1.17. The first-order valence-corrected chi connectivity index (χ1v) is 8.05. The van der Waals surface area contributed by atoms with E-state index in [1.807, 2.05) is 18.2 Å². The van der Waals surface area contributed by atoms with Gasteiger partial charge in [-0.15, -0.1) is 11.6 Å². The molecule has 2 rings (SSSR count). The van der Waals surface area contributed by atoms with Gasteiger partial charge in [-0.1, -0.05) is 24.3 Å². The molecule has 0 saturated heterocycles. The number of hydrogen-bond donors (Lipinski definition) is 0. The fourth-order valence-corrected chi connectivity index (χ4v) is 2.49. The third-order valence-corrected chi connectivity index (χ3v) is 3.98. The molecule has 0 aliphatic rings. The van der Waals surface area contributed by atoms with Gasteiger partial charge in [0.05, 0.1) is 10.8 Å². The molecule has 0 bridgehead atoms. The lowest BCUT2D eigenvalue weighted by Crippen LogP contribution is -1.97. The lowest BCUT2D eigenvalue weighted by Gasteiger charge is -2.10. The Morgan fingerprint density at radius 3 is 2.53 bits per heavy atom. The Morgan fingerprint density at radius 2 is 1.84 bits per heavy atom. The van der Waals surface area contributed by atoms with Gasteiger partial charge in [0.2, 0.25) is 0 Å². The van der Waals surface area contributed by atoms with Crippen molar-refractivity contribution in [2.24, 2.45) is 0 Å². The van der Waals surface area contributed by atoms with Gasteiger partial charge in [0, 0.05) is 11.8 Å². The number of para-hydroxylation sites is 1. The van der Waals surface area contributed by atoms with E-state index in [9.17, 15) is 8.42 Å². The number of benzene rings is 2. The van der Waals surface area contributed by atoms with Crippen LogP contribution in [0, 0.1) is 0 Å². The molecule has 0 atom stereocenters. The van der Waals surface area contributed by atoms with E-state index in [-0.39, 0.29) is 4.90 Å². The van der Waals surface area contributed by atoms with Gasteiger partial charge in [0.15, 0.2) is 9.84 Å². The van der Waals surface area contributed by atoms with E-state index in [0.29, 0.717) is 17.4 Å². The van der Waals surface area contributed by atoms with Crippen LogP contribution in [0.25, 0.3) is 0 Å². The normalized spacial score (nSPS) is 11.3. The first kappa shape index (κ1) is 13.9. The van der Waals surface area contributed by atoms with Crippen molar-refractivity contribution in [3.63, 3.8) is 0 Å². The molecule has 0 radical (unpaired) electrons. The van der Waals surface area contributed by atoms with Gasteiger partial charge in [-0.05, 0) is 24.3 Å². The molecule has 0 aliphatic heterocycles. The van der Waals surface area contributed by atoms with Crippen molar-refractivity contribution in [1.29, 1.82) is 0 Å². The Kier molecular flexibility index (Phi) is 4.12. The fraction of sp³-hybridized carbons (Fsp3) is 0.143. The van der Waals surface area contributed by atoms with Crippen molar-refractivity contribution in [2.75, 3.05) is 6.26 Å². The third kappa shape index (κ3) is 3.49. The van der Waals surface area contributed by atoms with Crippen LogP contribution in [0.15, 0.2) is 53.4 Å². The standard InChI is InChI=1S/C14H13ClO3S/c1-19(16,17)13-7-4-6-12(9-13)18-14-8-3-2-5-11(14)10-15/h2-9H,10H2,1H3. The smallest absolute Gasteiger partial charge is 0.175 e. The summed E-state index contributed by atoms with van der Waals surface area (Å²) in [6, 6.07) is 13.8. The summed E-state index contributed by atoms with van der Waals surface area (Å²) in [7, 11) is -3.24. The monoisotopic (exact) mass is 296 g/mol. The minimum Gasteiger partial charge on any atom is -0.457 e. The van der Waals surface area contributed by atoms with Crippen LogP contribution in [0.1, 0.15) is 5.56 Å². The second-order valence-corrected chi connectivity index (χ2v) is 6.37. The van der Waals surface area contributed by atoms with Crippen LogP contribution in [0.2, 0.25) is 0 Å². The molecule has 5 heteroatoms.